The second-order valence-electron chi connectivity index (χ2n) is 4.39. The molecule has 0 N–H and O–H groups in total. The number of hydrogen-bond donors (Lipinski definition) is 0. The van der Waals surface area contributed by atoms with Crippen LogP contribution in [0.2, 0.25) is 5.02 Å². The van der Waals surface area contributed by atoms with Crippen LogP contribution in [0, 0.1) is 17.7 Å². The van der Waals surface area contributed by atoms with E-state index in [-0.39, 0.29) is 18.1 Å². The van der Waals surface area contributed by atoms with Gasteiger partial charge in [0.15, 0.2) is 5.82 Å². The fraction of sp³-hybridized carbons (Fsp3) is 0.176. The Morgan fingerprint density at radius 2 is 2.09 bits per heavy atom. The van der Waals surface area contributed by atoms with E-state index >= 15 is 0 Å². The minimum atomic E-state index is -0.451. The third-order valence-corrected chi connectivity index (χ3v) is 3.02. The Kier molecular flexibility index (Phi) is 5.93. The van der Waals surface area contributed by atoms with Crippen LogP contribution in [-0.2, 0) is 4.79 Å². The van der Waals surface area contributed by atoms with Crippen molar-refractivity contribution < 1.29 is 13.9 Å². The van der Waals surface area contributed by atoms with Gasteiger partial charge in [0.1, 0.15) is 11.4 Å². The second kappa shape index (κ2) is 8.16. The van der Waals surface area contributed by atoms with Gasteiger partial charge in [0.05, 0.1) is 5.02 Å². The molecule has 22 heavy (non-hydrogen) atoms. The number of para-hydroxylation sites is 1. The maximum atomic E-state index is 13.3. The first-order chi connectivity index (χ1) is 10.7. The minimum absolute atomic E-state index is 0.112. The standard InChI is InChI=1S/C17H13ClFNO2/c18-13-7-4-5-10-16(13)22-17(21)11-3-1-2-9-15-14(19)8-6-12-20-15/h4-8,10,12H,1,3,11H2. The van der Waals surface area contributed by atoms with E-state index < -0.39 is 5.82 Å². The lowest BCUT2D eigenvalue weighted by molar-refractivity contribution is -0.134. The Labute approximate surface area is 133 Å². The first-order valence-electron chi connectivity index (χ1n) is 6.71. The van der Waals surface area contributed by atoms with Gasteiger partial charge in [0, 0.05) is 19.0 Å². The van der Waals surface area contributed by atoms with Gasteiger partial charge in [-0.25, -0.2) is 9.37 Å². The van der Waals surface area contributed by atoms with Crippen LogP contribution in [-0.4, -0.2) is 11.0 Å². The van der Waals surface area contributed by atoms with Gasteiger partial charge < -0.3 is 4.74 Å². The van der Waals surface area contributed by atoms with E-state index in [1.165, 1.54) is 18.3 Å². The van der Waals surface area contributed by atoms with Gasteiger partial charge in [-0.3, -0.25) is 4.79 Å². The van der Waals surface area contributed by atoms with E-state index in [9.17, 15) is 9.18 Å². The highest BCUT2D eigenvalue weighted by Gasteiger charge is 2.06. The second-order valence-corrected chi connectivity index (χ2v) is 4.80. The quantitative estimate of drug-likeness (QED) is 0.370. The van der Waals surface area contributed by atoms with Gasteiger partial charge in [-0.2, -0.15) is 0 Å². The summed E-state index contributed by atoms with van der Waals surface area (Å²) in [5, 5.41) is 0.390. The van der Waals surface area contributed by atoms with Gasteiger partial charge in [-0.05, 0) is 36.6 Å². The molecule has 0 aliphatic carbocycles. The Morgan fingerprint density at radius 3 is 2.86 bits per heavy atom. The molecule has 112 valence electrons. The Bertz CT molecular complexity index is 722. The predicted octanol–water partition coefficient (Wildman–Crippen LogP) is 4.00. The highest BCUT2D eigenvalue weighted by molar-refractivity contribution is 6.32. The largest absolute Gasteiger partial charge is 0.425 e. The number of nitrogens with zero attached hydrogens (tertiary/aromatic N) is 1. The number of unbranched alkanes of at least 4 members (excludes halogenated alkanes) is 1. The summed E-state index contributed by atoms with van der Waals surface area (Å²) < 4.78 is 18.4. The van der Waals surface area contributed by atoms with Crippen LogP contribution in [0.4, 0.5) is 4.39 Å². The van der Waals surface area contributed by atoms with Crippen molar-refractivity contribution in [3.8, 4) is 17.6 Å². The molecule has 0 bridgehead atoms. The highest BCUT2D eigenvalue weighted by atomic mass is 35.5. The summed E-state index contributed by atoms with van der Waals surface area (Å²) in [5.41, 5.74) is 0.112. The fourth-order valence-electron chi connectivity index (χ4n) is 1.65. The predicted molar refractivity (Wildman–Crippen MR) is 82.0 cm³/mol. The van der Waals surface area contributed by atoms with E-state index in [0.717, 1.165) is 0 Å². The molecule has 0 fully saturated rings. The smallest absolute Gasteiger partial charge is 0.311 e. The van der Waals surface area contributed by atoms with Crippen molar-refractivity contribution >= 4 is 17.6 Å². The number of hydrogen-bond acceptors (Lipinski definition) is 3. The van der Waals surface area contributed by atoms with Gasteiger partial charge in [0.25, 0.3) is 0 Å². The van der Waals surface area contributed by atoms with E-state index in [1.54, 1.807) is 24.3 Å². The van der Waals surface area contributed by atoms with E-state index in [2.05, 4.69) is 16.8 Å². The molecule has 5 heteroatoms. The molecule has 0 atom stereocenters. The molecular weight excluding hydrogens is 305 g/mol. The maximum Gasteiger partial charge on any atom is 0.311 e. The molecule has 0 saturated carbocycles. The Morgan fingerprint density at radius 1 is 1.27 bits per heavy atom. The van der Waals surface area contributed by atoms with Crippen LogP contribution in [0.15, 0.2) is 42.6 Å². The van der Waals surface area contributed by atoms with Crippen LogP contribution < -0.4 is 4.74 Å². The molecule has 0 radical (unpaired) electrons. The number of ether oxygens (including phenoxy) is 1. The van der Waals surface area contributed by atoms with Gasteiger partial charge in [0.2, 0.25) is 0 Å². The zero-order valence-electron chi connectivity index (χ0n) is 11.7. The zero-order valence-corrected chi connectivity index (χ0v) is 12.4. The van der Waals surface area contributed by atoms with Crippen molar-refractivity contribution in [2.75, 3.05) is 0 Å². The zero-order chi connectivity index (χ0) is 15.8. The number of carbonyl (C=O) groups is 1. The SMILES string of the molecule is O=C(CCCC#Cc1ncccc1F)Oc1ccccc1Cl. The molecule has 0 unspecified atom stereocenters. The maximum absolute atomic E-state index is 13.3. The normalized spacial score (nSPS) is 9.73. The minimum Gasteiger partial charge on any atom is -0.425 e. The van der Waals surface area contributed by atoms with Crippen molar-refractivity contribution in [2.24, 2.45) is 0 Å². The molecule has 0 saturated heterocycles. The van der Waals surface area contributed by atoms with Crippen LogP contribution in [0.1, 0.15) is 25.0 Å². The number of pyridine rings is 1. The molecule has 3 nitrogen and oxygen atoms in total. The Balaban J connectivity index is 1.77. The molecule has 0 spiro atoms. The van der Waals surface area contributed by atoms with Crippen molar-refractivity contribution in [1.29, 1.82) is 0 Å². The first kappa shape index (κ1) is 16.0. The van der Waals surface area contributed by atoms with Gasteiger partial charge in [-0.1, -0.05) is 29.7 Å². The molecule has 2 aromatic rings. The monoisotopic (exact) mass is 317 g/mol. The lowest BCUT2D eigenvalue weighted by Gasteiger charge is -2.04. The number of benzene rings is 1. The molecule has 2 rings (SSSR count). The molecule has 0 aliphatic rings. The third kappa shape index (κ3) is 4.87. The van der Waals surface area contributed by atoms with E-state index in [0.29, 0.717) is 23.6 Å². The summed E-state index contributed by atoms with van der Waals surface area (Å²) in [6.45, 7) is 0. The number of rotatable bonds is 4. The topological polar surface area (TPSA) is 39.2 Å². The summed E-state index contributed by atoms with van der Waals surface area (Å²) in [4.78, 5) is 15.5. The molecule has 1 aromatic heterocycles. The lowest BCUT2D eigenvalue weighted by Crippen LogP contribution is -2.07. The van der Waals surface area contributed by atoms with Crippen LogP contribution in [0.5, 0.6) is 5.75 Å². The average Bonchev–Trinajstić information content (AvgIpc) is 2.51. The molecule has 1 heterocycles. The lowest BCUT2D eigenvalue weighted by atomic mass is 10.2. The third-order valence-electron chi connectivity index (χ3n) is 2.71. The average molecular weight is 318 g/mol. The van der Waals surface area contributed by atoms with Crippen LogP contribution in [0.3, 0.4) is 0 Å². The molecule has 0 aliphatic heterocycles. The fourth-order valence-corrected chi connectivity index (χ4v) is 1.82. The van der Waals surface area contributed by atoms with Gasteiger partial charge >= 0.3 is 5.97 Å². The summed E-state index contributed by atoms with van der Waals surface area (Å²) in [7, 11) is 0. The molecule has 1 aromatic carbocycles. The van der Waals surface area contributed by atoms with E-state index in [1.807, 2.05) is 0 Å². The van der Waals surface area contributed by atoms with Crippen LogP contribution in [0.25, 0.3) is 0 Å². The summed E-state index contributed by atoms with van der Waals surface area (Å²) >= 11 is 5.89. The number of esters is 1. The van der Waals surface area contributed by atoms with Crippen molar-refractivity contribution in [2.45, 2.75) is 19.3 Å². The van der Waals surface area contributed by atoms with Crippen molar-refractivity contribution in [3.63, 3.8) is 0 Å². The van der Waals surface area contributed by atoms with Gasteiger partial charge in [-0.15, -0.1) is 0 Å². The summed E-state index contributed by atoms with van der Waals surface area (Å²) in [5.74, 6) is 4.94. The number of aromatic nitrogens is 1. The highest BCUT2D eigenvalue weighted by Crippen LogP contribution is 2.23. The number of carbonyl (C=O) groups excluding carboxylic acids is 1. The molecular formula is C17H13ClFNO2. The number of halogens is 2. The summed E-state index contributed by atoms with van der Waals surface area (Å²) in [6, 6.07) is 9.58. The van der Waals surface area contributed by atoms with Crippen LogP contribution >= 0.6 is 11.6 Å². The Hall–Kier alpha value is -2.38. The molecule has 0 amide bonds. The van der Waals surface area contributed by atoms with Crippen molar-refractivity contribution in [1.82, 2.24) is 4.98 Å². The van der Waals surface area contributed by atoms with E-state index in [4.69, 9.17) is 16.3 Å². The van der Waals surface area contributed by atoms with Crippen molar-refractivity contribution in [3.05, 3.63) is 59.1 Å². The first-order valence-corrected chi connectivity index (χ1v) is 7.09. The summed E-state index contributed by atoms with van der Waals surface area (Å²) in [6.07, 6.45) is 2.66.